The number of hydrogen-bond donors (Lipinski definition) is 2. The van der Waals surface area contributed by atoms with Gasteiger partial charge in [-0.25, -0.2) is 0 Å². The summed E-state index contributed by atoms with van der Waals surface area (Å²) >= 11 is 0. The lowest BCUT2D eigenvalue weighted by Gasteiger charge is -2.10. The number of carbonyl (C=O) groups excluding carboxylic acids is 2. The summed E-state index contributed by atoms with van der Waals surface area (Å²) in [6.45, 7) is 6.60. The van der Waals surface area contributed by atoms with E-state index in [9.17, 15) is 9.59 Å². The van der Waals surface area contributed by atoms with Crippen molar-refractivity contribution in [2.24, 2.45) is 0 Å². The molecular formula is C23H25N3O4. The molecule has 0 aliphatic rings. The third kappa shape index (κ3) is 5.47. The fourth-order valence-electron chi connectivity index (χ4n) is 2.93. The maximum Gasteiger partial charge on any atom is 0.251 e. The van der Waals surface area contributed by atoms with E-state index in [1.165, 1.54) is 0 Å². The molecule has 2 amide bonds. The van der Waals surface area contributed by atoms with Gasteiger partial charge < -0.3 is 19.9 Å². The summed E-state index contributed by atoms with van der Waals surface area (Å²) in [5.41, 5.74) is 3.79. The van der Waals surface area contributed by atoms with Gasteiger partial charge in [0.1, 0.15) is 18.1 Å². The number of aryl methyl sites for hydroxylation is 3. The summed E-state index contributed by atoms with van der Waals surface area (Å²) in [5, 5.41) is 9.50. The molecule has 1 heterocycles. The SMILES string of the molecule is Cc1cccc(C(=O)NCCNC(=O)c2cccc(OCc3c(C)noc3C)c2)c1. The van der Waals surface area contributed by atoms with E-state index >= 15 is 0 Å². The Labute approximate surface area is 175 Å². The maximum atomic E-state index is 12.4. The van der Waals surface area contributed by atoms with Crippen molar-refractivity contribution < 1.29 is 18.8 Å². The molecule has 0 aliphatic carbocycles. The molecule has 7 nitrogen and oxygen atoms in total. The Balaban J connectivity index is 1.47. The Morgan fingerprint density at radius 3 is 2.17 bits per heavy atom. The van der Waals surface area contributed by atoms with Crippen molar-refractivity contribution in [3.63, 3.8) is 0 Å². The van der Waals surface area contributed by atoms with Crippen LogP contribution in [0.2, 0.25) is 0 Å². The van der Waals surface area contributed by atoms with Gasteiger partial charge in [-0.15, -0.1) is 0 Å². The predicted octanol–water partition coefficient (Wildman–Crippen LogP) is 3.34. The molecule has 0 spiro atoms. The van der Waals surface area contributed by atoms with Crippen molar-refractivity contribution in [1.29, 1.82) is 0 Å². The molecule has 2 N–H and O–H groups in total. The standard InChI is InChI=1S/C23H25N3O4/c1-15-6-4-7-18(12-15)22(27)24-10-11-25-23(28)19-8-5-9-20(13-19)29-14-21-16(2)26-30-17(21)3/h4-9,12-13H,10-11,14H2,1-3H3,(H,24,27)(H,25,28). The van der Waals surface area contributed by atoms with Crippen LogP contribution >= 0.6 is 0 Å². The van der Waals surface area contributed by atoms with Gasteiger partial charge >= 0.3 is 0 Å². The van der Waals surface area contributed by atoms with Crippen LogP contribution in [0, 0.1) is 20.8 Å². The third-order valence-electron chi connectivity index (χ3n) is 4.64. The zero-order valence-electron chi connectivity index (χ0n) is 17.3. The van der Waals surface area contributed by atoms with Gasteiger partial charge in [-0.05, 0) is 51.1 Å². The average molecular weight is 407 g/mol. The highest BCUT2D eigenvalue weighted by Crippen LogP contribution is 2.18. The fourth-order valence-corrected chi connectivity index (χ4v) is 2.93. The predicted molar refractivity (Wildman–Crippen MR) is 113 cm³/mol. The van der Waals surface area contributed by atoms with Gasteiger partial charge in [-0.2, -0.15) is 0 Å². The van der Waals surface area contributed by atoms with Gasteiger partial charge in [0, 0.05) is 24.2 Å². The van der Waals surface area contributed by atoms with Crippen LogP contribution in [0.1, 0.15) is 43.3 Å². The maximum absolute atomic E-state index is 12.4. The minimum absolute atomic E-state index is 0.164. The monoisotopic (exact) mass is 407 g/mol. The highest BCUT2D eigenvalue weighted by Gasteiger charge is 2.11. The molecular weight excluding hydrogens is 382 g/mol. The molecule has 0 aliphatic heterocycles. The smallest absolute Gasteiger partial charge is 0.251 e. The molecule has 0 unspecified atom stereocenters. The van der Waals surface area contributed by atoms with Crippen LogP contribution in [0.4, 0.5) is 0 Å². The van der Waals surface area contributed by atoms with Gasteiger partial charge in [0.2, 0.25) is 0 Å². The number of ether oxygens (including phenoxy) is 1. The van der Waals surface area contributed by atoms with Gasteiger partial charge in [0.15, 0.2) is 0 Å². The van der Waals surface area contributed by atoms with E-state index < -0.39 is 0 Å². The van der Waals surface area contributed by atoms with Gasteiger partial charge in [0.05, 0.1) is 11.3 Å². The van der Waals surface area contributed by atoms with Crippen LogP contribution < -0.4 is 15.4 Å². The van der Waals surface area contributed by atoms with Crippen molar-refractivity contribution in [2.75, 3.05) is 13.1 Å². The number of carbonyl (C=O) groups is 2. The second kappa shape index (κ2) is 9.73. The molecule has 3 aromatic rings. The number of benzene rings is 2. The molecule has 0 saturated heterocycles. The van der Waals surface area contributed by atoms with Crippen LogP contribution in [0.3, 0.4) is 0 Å². The van der Waals surface area contributed by atoms with Gasteiger partial charge in [0.25, 0.3) is 11.8 Å². The summed E-state index contributed by atoms with van der Waals surface area (Å²) < 4.78 is 10.9. The lowest BCUT2D eigenvalue weighted by atomic mass is 10.1. The Kier molecular flexibility index (Phi) is 6.85. The topological polar surface area (TPSA) is 93.5 Å². The number of hydrogen-bond acceptors (Lipinski definition) is 5. The molecule has 3 rings (SSSR count). The summed E-state index contributed by atoms with van der Waals surface area (Å²) in [5.74, 6) is 0.898. The van der Waals surface area contributed by atoms with Crippen molar-refractivity contribution in [3.05, 3.63) is 82.2 Å². The number of rotatable bonds is 8. The van der Waals surface area contributed by atoms with E-state index in [-0.39, 0.29) is 11.8 Å². The molecule has 1 aromatic heterocycles. The van der Waals surface area contributed by atoms with Crippen LogP contribution in [0.5, 0.6) is 5.75 Å². The highest BCUT2D eigenvalue weighted by atomic mass is 16.5. The molecule has 30 heavy (non-hydrogen) atoms. The van der Waals surface area contributed by atoms with Crippen molar-refractivity contribution in [1.82, 2.24) is 15.8 Å². The van der Waals surface area contributed by atoms with Crippen molar-refractivity contribution >= 4 is 11.8 Å². The van der Waals surface area contributed by atoms with E-state index in [0.29, 0.717) is 42.3 Å². The lowest BCUT2D eigenvalue weighted by Crippen LogP contribution is -2.34. The first-order chi connectivity index (χ1) is 14.4. The van der Waals surface area contributed by atoms with E-state index in [1.54, 1.807) is 30.3 Å². The zero-order chi connectivity index (χ0) is 21.5. The van der Waals surface area contributed by atoms with Crippen molar-refractivity contribution in [2.45, 2.75) is 27.4 Å². The summed E-state index contributed by atoms with van der Waals surface area (Å²) in [4.78, 5) is 24.5. The number of nitrogens with one attached hydrogen (secondary N) is 2. The van der Waals surface area contributed by atoms with Crippen LogP contribution in [-0.4, -0.2) is 30.1 Å². The first kappa shape index (κ1) is 21.1. The number of aromatic nitrogens is 1. The van der Waals surface area contributed by atoms with Gasteiger partial charge in [-0.3, -0.25) is 9.59 Å². The summed E-state index contributed by atoms with van der Waals surface area (Å²) in [6, 6.07) is 14.3. The molecule has 0 atom stereocenters. The molecule has 2 aromatic carbocycles. The minimum atomic E-state index is -0.234. The van der Waals surface area contributed by atoms with Gasteiger partial charge in [-0.1, -0.05) is 28.9 Å². The fraction of sp³-hybridized carbons (Fsp3) is 0.261. The van der Waals surface area contributed by atoms with E-state index in [1.807, 2.05) is 39.0 Å². The second-order valence-electron chi connectivity index (χ2n) is 7.00. The summed E-state index contributed by atoms with van der Waals surface area (Å²) in [6.07, 6.45) is 0. The van der Waals surface area contributed by atoms with E-state index in [4.69, 9.17) is 9.26 Å². The molecule has 7 heteroatoms. The Morgan fingerprint density at radius 2 is 1.57 bits per heavy atom. The molecule has 0 radical (unpaired) electrons. The minimum Gasteiger partial charge on any atom is -0.489 e. The Hall–Kier alpha value is -3.61. The number of nitrogens with zero attached hydrogens (tertiary/aromatic N) is 1. The third-order valence-corrected chi connectivity index (χ3v) is 4.64. The molecule has 0 saturated carbocycles. The molecule has 156 valence electrons. The van der Waals surface area contributed by atoms with E-state index in [0.717, 1.165) is 16.8 Å². The van der Waals surface area contributed by atoms with Crippen LogP contribution in [0.15, 0.2) is 53.1 Å². The van der Waals surface area contributed by atoms with Crippen LogP contribution in [0.25, 0.3) is 0 Å². The summed E-state index contributed by atoms with van der Waals surface area (Å²) in [7, 11) is 0. The zero-order valence-corrected chi connectivity index (χ0v) is 17.3. The molecule has 0 bridgehead atoms. The quantitative estimate of drug-likeness (QED) is 0.559. The normalized spacial score (nSPS) is 10.5. The van der Waals surface area contributed by atoms with E-state index in [2.05, 4.69) is 15.8 Å². The Bertz CT molecular complexity index is 1020. The first-order valence-corrected chi connectivity index (χ1v) is 9.71. The highest BCUT2D eigenvalue weighted by molar-refractivity contribution is 5.95. The lowest BCUT2D eigenvalue weighted by molar-refractivity contribution is 0.0927. The van der Waals surface area contributed by atoms with Crippen LogP contribution in [-0.2, 0) is 6.61 Å². The Morgan fingerprint density at radius 1 is 0.933 bits per heavy atom. The van der Waals surface area contributed by atoms with Crippen molar-refractivity contribution in [3.8, 4) is 5.75 Å². The average Bonchev–Trinajstić information content (AvgIpc) is 3.07. The second-order valence-corrected chi connectivity index (χ2v) is 7.00. The first-order valence-electron chi connectivity index (χ1n) is 9.71. The largest absolute Gasteiger partial charge is 0.489 e. The number of amides is 2. The molecule has 0 fully saturated rings.